The molecule has 1 aromatic heterocycles. The molecule has 1 atom stereocenters. The highest BCUT2D eigenvalue weighted by Gasteiger charge is 2.38. The number of amides is 1. The lowest BCUT2D eigenvalue weighted by Gasteiger charge is -2.27. The number of carbonyl (C=O) groups excluding carboxylic acids is 1. The van der Waals surface area contributed by atoms with Gasteiger partial charge in [-0.1, -0.05) is 41.9 Å². The summed E-state index contributed by atoms with van der Waals surface area (Å²) in [5.41, 5.74) is -0.930. The molecule has 2 rings (SSSR count). The molecule has 1 unspecified atom stereocenters. The number of carbonyl (C=O) groups is 1. The van der Waals surface area contributed by atoms with Crippen molar-refractivity contribution < 1.29 is 17.9 Å². The summed E-state index contributed by atoms with van der Waals surface area (Å²) in [6.45, 7) is 1.49. The lowest BCUT2D eigenvalue weighted by Crippen LogP contribution is -2.46. The summed E-state index contributed by atoms with van der Waals surface area (Å²) in [6.07, 6.45) is 1.19. The van der Waals surface area contributed by atoms with Gasteiger partial charge in [0.2, 0.25) is 0 Å². The van der Waals surface area contributed by atoms with Gasteiger partial charge in [-0.25, -0.2) is 9.71 Å². The Bertz CT molecular complexity index is 794. The number of hydrogen-bond donors (Lipinski definition) is 1. The van der Waals surface area contributed by atoms with E-state index in [1.807, 2.05) is 4.72 Å². The van der Waals surface area contributed by atoms with Crippen LogP contribution in [-0.4, -0.2) is 26.4 Å². The lowest BCUT2D eigenvalue weighted by molar-refractivity contribution is -0.140. The van der Waals surface area contributed by atoms with Gasteiger partial charge >= 0.3 is 0 Å². The topological polar surface area (TPSA) is 85.4 Å². The van der Waals surface area contributed by atoms with Gasteiger partial charge in [-0.15, -0.1) is 0 Å². The van der Waals surface area contributed by atoms with Crippen molar-refractivity contribution >= 4 is 27.5 Å². The van der Waals surface area contributed by atoms with Crippen LogP contribution >= 0.6 is 11.6 Å². The zero-order chi connectivity index (χ0) is 17.1. The molecule has 8 heteroatoms. The number of halogens is 1. The van der Waals surface area contributed by atoms with Crippen molar-refractivity contribution in [1.82, 2.24) is 9.71 Å². The first-order chi connectivity index (χ1) is 10.8. The lowest BCUT2D eigenvalue weighted by atomic mass is 9.95. The van der Waals surface area contributed by atoms with Gasteiger partial charge in [-0.05, 0) is 24.6 Å². The Hall–Kier alpha value is -1.96. The van der Waals surface area contributed by atoms with E-state index in [4.69, 9.17) is 16.3 Å². The number of aromatic nitrogens is 1. The van der Waals surface area contributed by atoms with E-state index in [0.717, 1.165) is 0 Å². The maximum atomic E-state index is 12.5. The summed E-state index contributed by atoms with van der Waals surface area (Å²) in [5, 5.41) is -0.0111. The fourth-order valence-electron chi connectivity index (χ4n) is 1.89. The Morgan fingerprint density at radius 2 is 1.87 bits per heavy atom. The van der Waals surface area contributed by atoms with Gasteiger partial charge in [-0.3, -0.25) is 4.79 Å². The molecule has 0 fully saturated rings. The van der Waals surface area contributed by atoms with Gasteiger partial charge < -0.3 is 4.74 Å². The standard InChI is InChI=1S/C15H15ClN2O4S/c1-15(22-2,11-6-4-3-5-7-11)14(19)18-23(20,21)13-9-8-12(16)10-17-13/h3-10H,1-2H3,(H,18,19). The van der Waals surface area contributed by atoms with E-state index in [2.05, 4.69) is 4.98 Å². The Morgan fingerprint density at radius 1 is 1.22 bits per heavy atom. The van der Waals surface area contributed by atoms with Crippen molar-refractivity contribution in [2.24, 2.45) is 0 Å². The fraction of sp³-hybridized carbons (Fsp3) is 0.200. The highest BCUT2D eigenvalue weighted by atomic mass is 35.5. The molecule has 0 spiro atoms. The number of benzene rings is 1. The van der Waals surface area contributed by atoms with Crippen molar-refractivity contribution in [2.75, 3.05) is 7.11 Å². The summed E-state index contributed by atoms with van der Waals surface area (Å²) >= 11 is 5.68. The molecular formula is C15H15ClN2O4S. The minimum atomic E-state index is -4.13. The monoisotopic (exact) mass is 354 g/mol. The molecule has 6 nitrogen and oxygen atoms in total. The number of nitrogens with zero attached hydrogens (tertiary/aromatic N) is 1. The second-order valence-electron chi connectivity index (χ2n) is 4.85. The molecule has 1 N–H and O–H groups in total. The first kappa shape index (κ1) is 17.4. The normalized spacial score (nSPS) is 14.0. The summed E-state index contributed by atoms with van der Waals surface area (Å²) in [6, 6.07) is 11.2. The second kappa shape index (κ2) is 6.66. The smallest absolute Gasteiger partial charge is 0.281 e. The van der Waals surface area contributed by atoms with E-state index >= 15 is 0 Å². The zero-order valence-electron chi connectivity index (χ0n) is 12.5. The van der Waals surface area contributed by atoms with Crippen LogP contribution in [-0.2, 0) is 25.2 Å². The van der Waals surface area contributed by atoms with Gasteiger partial charge in [0.1, 0.15) is 0 Å². The average Bonchev–Trinajstić information content (AvgIpc) is 2.54. The summed E-state index contributed by atoms with van der Waals surface area (Å²) in [7, 11) is -2.79. The molecular weight excluding hydrogens is 340 g/mol. The molecule has 0 bridgehead atoms. The van der Waals surface area contributed by atoms with E-state index < -0.39 is 21.5 Å². The minimum Gasteiger partial charge on any atom is -0.364 e. The van der Waals surface area contributed by atoms with Gasteiger partial charge in [-0.2, -0.15) is 8.42 Å². The van der Waals surface area contributed by atoms with Crippen LogP contribution in [0.3, 0.4) is 0 Å². The molecule has 1 aromatic carbocycles. The number of nitrogens with one attached hydrogen (secondary N) is 1. The molecule has 0 radical (unpaired) electrons. The van der Waals surface area contributed by atoms with Crippen LogP contribution in [0, 0.1) is 0 Å². The Morgan fingerprint density at radius 3 is 2.39 bits per heavy atom. The van der Waals surface area contributed by atoms with E-state index in [-0.39, 0.29) is 5.03 Å². The third-order valence-electron chi connectivity index (χ3n) is 3.37. The number of ether oxygens (including phenoxy) is 1. The third kappa shape index (κ3) is 3.69. The Kier molecular flexibility index (Phi) is 5.03. The number of pyridine rings is 1. The van der Waals surface area contributed by atoms with Crippen LogP contribution in [0.15, 0.2) is 53.7 Å². The maximum absolute atomic E-state index is 12.5. The number of sulfonamides is 1. The molecule has 122 valence electrons. The Balaban J connectivity index is 2.31. The summed E-state index contributed by atoms with van der Waals surface area (Å²) in [4.78, 5) is 16.2. The van der Waals surface area contributed by atoms with Crippen LogP contribution in [0.1, 0.15) is 12.5 Å². The molecule has 0 aliphatic rings. The zero-order valence-corrected chi connectivity index (χ0v) is 14.1. The molecule has 0 aliphatic heterocycles. The Labute approximate surface area is 139 Å². The SMILES string of the molecule is COC(C)(C(=O)NS(=O)(=O)c1ccc(Cl)cn1)c1ccccc1. The fourth-order valence-corrected chi connectivity index (χ4v) is 2.98. The van der Waals surface area contributed by atoms with Crippen LogP contribution < -0.4 is 4.72 Å². The minimum absolute atomic E-state index is 0.293. The van der Waals surface area contributed by atoms with Crippen LogP contribution in [0.2, 0.25) is 5.02 Å². The molecule has 23 heavy (non-hydrogen) atoms. The van der Waals surface area contributed by atoms with Crippen LogP contribution in [0.25, 0.3) is 0 Å². The van der Waals surface area contributed by atoms with E-state index in [1.165, 1.54) is 32.4 Å². The quantitative estimate of drug-likeness (QED) is 0.888. The predicted molar refractivity (Wildman–Crippen MR) is 85.4 cm³/mol. The van der Waals surface area contributed by atoms with Gasteiger partial charge in [0, 0.05) is 13.3 Å². The van der Waals surface area contributed by atoms with E-state index in [9.17, 15) is 13.2 Å². The number of hydrogen-bond acceptors (Lipinski definition) is 5. The molecule has 0 aliphatic carbocycles. The first-order valence-electron chi connectivity index (χ1n) is 6.59. The van der Waals surface area contributed by atoms with Crippen LogP contribution in [0.5, 0.6) is 0 Å². The number of rotatable bonds is 5. The largest absolute Gasteiger partial charge is 0.364 e. The van der Waals surface area contributed by atoms with Gasteiger partial charge in [0.15, 0.2) is 10.6 Å². The van der Waals surface area contributed by atoms with Crippen molar-refractivity contribution in [3.8, 4) is 0 Å². The van der Waals surface area contributed by atoms with Gasteiger partial charge in [0.25, 0.3) is 15.9 Å². The van der Waals surface area contributed by atoms with Crippen molar-refractivity contribution in [3.05, 3.63) is 59.2 Å². The highest BCUT2D eigenvalue weighted by Crippen LogP contribution is 2.25. The summed E-state index contributed by atoms with van der Waals surface area (Å²) < 4.78 is 31.8. The molecule has 1 amide bonds. The van der Waals surface area contributed by atoms with Crippen molar-refractivity contribution in [2.45, 2.75) is 17.6 Å². The van der Waals surface area contributed by atoms with Crippen molar-refractivity contribution in [3.63, 3.8) is 0 Å². The van der Waals surface area contributed by atoms with Crippen molar-refractivity contribution in [1.29, 1.82) is 0 Å². The molecule has 0 saturated carbocycles. The molecule has 0 saturated heterocycles. The van der Waals surface area contributed by atoms with Crippen LogP contribution in [0.4, 0.5) is 0 Å². The molecule has 2 aromatic rings. The maximum Gasteiger partial charge on any atom is 0.281 e. The average molecular weight is 355 g/mol. The number of methoxy groups -OCH3 is 1. The first-order valence-corrected chi connectivity index (χ1v) is 8.45. The van der Waals surface area contributed by atoms with E-state index in [1.54, 1.807) is 30.3 Å². The van der Waals surface area contributed by atoms with Gasteiger partial charge in [0.05, 0.1) is 5.02 Å². The van der Waals surface area contributed by atoms with E-state index in [0.29, 0.717) is 10.6 Å². The highest BCUT2D eigenvalue weighted by molar-refractivity contribution is 7.90. The third-order valence-corrected chi connectivity index (χ3v) is 4.84. The molecule has 1 heterocycles. The summed E-state index contributed by atoms with van der Waals surface area (Å²) in [5.74, 6) is -0.817. The predicted octanol–water partition coefficient (Wildman–Crippen LogP) is 2.10. The second-order valence-corrected chi connectivity index (χ2v) is 6.92.